The van der Waals surface area contributed by atoms with Crippen LogP contribution in [0.5, 0.6) is 0 Å². The maximum absolute atomic E-state index is 6.78. The van der Waals surface area contributed by atoms with Crippen molar-refractivity contribution in [2.75, 3.05) is 4.90 Å². The van der Waals surface area contributed by atoms with Gasteiger partial charge in [0.15, 0.2) is 5.58 Å². The monoisotopic (exact) mass is 656 g/mol. The third kappa shape index (κ3) is 3.85. The summed E-state index contributed by atoms with van der Waals surface area (Å²) in [6, 6.07) is 61.1. The van der Waals surface area contributed by atoms with Gasteiger partial charge in [0.1, 0.15) is 5.58 Å². The van der Waals surface area contributed by atoms with Gasteiger partial charge < -0.3 is 13.9 Å². The van der Waals surface area contributed by atoms with Crippen molar-refractivity contribution >= 4 is 103 Å². The summed E-state index contributed by atoms with van der Waals surface area (Å²) in [6.45, 7) is 0. The molecular weight excluding hydrogens is 629 g/mol. The predicted molar refractivity (Wildman–Crippen MR) is 213 cm³/mol. The quantitative estimate of drug-likeness (QED) is 0.188. The van der Waals surface area contributed by atoms with E-state index >= 15 is 0 Å². The molecule has 3 heterocycles. The second kappa shape index (κ2) is 10.6. The van der Waals surface area contributed by atoms with Gasteiger partial charge in [0, 0.05) is 52.8 Å². The first-order valence-electron chi connectivity index (χ1n) is 16.9. The molecule has 0 N–H and O–H groups in total. The van der Waals surface area contributed by atoms with E-state index in [-0.39, 0.29) is 0 Å². The number of furan rings is 1. The highest BCUT2D eigenvalue weighted by molar-refractivity contribution is 7.26. The van der Waals surface area contributed by atoms with E-state index in [1.165, 1.54) is 47.2 Å². The Morgan fingerprint density at radius 1 is 0.440 bits per heavy atom. The van der Waals surface area contributed by atoms with Gasteiger partial charge in [0.05, 0.1) is 28.1 Å². The van der Waals surface area contributed by atoms with Crippen LogP contribution in [-0.2, 0) is 0 Å². The molecule has 4 heteroatoms. The van der Waals surface area contributed by atoms with E-state index in [2.05, 4.69) is 173 Å². The average molecular weight is 657 g/mol. The number of anilines is 3. The Morgan fingerprint density at radius 3 is 2.00 bits per heavy atom. The first kappa shape index (κ1) is 27.6. The van der Waals surface area contributed by atoms with E-state index in [0.29, 0.717) is 0 Å². The zero-order chi connectivity index (χ0) is 32.8. The summed E-state index contributed by atoms with van der Waals surface area (Å²) >= 11 is 1.87. The van der Waals surface area contributed by atoms with Gasteiger partial charge in [0.25, 0.3) is 0 Å². The third-order valence-electron chi connectivity index (χ3n) is 10.2. The van der Waals surface area contributed by atoms with Gasteiger partial charge in [-0.2, -0.15) is 0 Å². The van der Waals surface area contributed by atoms with E-state index in [4.69, 9.17) is 4.42 Å². The van der Waals surface area contributed by atoms with Crippen molar-refractivity contribution in [3.05, 3.63) is 170 Å². The fraction of sp³-hybridized carbons (Fsp3) is 0. The molecule has 234 valence electrons. The maximum atomic E-state index is 6.78. The summed E-state index contributed by atoms with van der Waals surface area (Å²) in [5.74, 6) is 0. The topological polar surface area (TPSA) is 21.3 Å². The van der Waals surface area contributed by atoms with Crippen molar-refractivity contribution in [3.63, 3.8) is 0 Å². The fourth-order valence-corrected chi connectivity index (χ4v) is 9.33. The van der Waals surface area contributed by atoms with Gasteiger partial charge in [-0.25, -0.2) is 0 Å². The Kier molecular flexibility index (Phi) is 5.83. The van der Waals surface area contributed by atoms with Crippen LogP contribution in [0.2, 0.25) is 0 Å². The lowest BCUT2D eigenvalue weighted by Gasteiger charge is -2.28. The summed E-state index contributed by atoms with van der Waals surface area (Å²) in [4.78, 5) is 2.46. The van der Waals surface area contributed by atoms with Gasteiger partial charge >= 0.3 is 0 Å². The number of hydrogen-bond acceptors (Lipinski definition) is 3. The fourth-order valence-electron chi connectivity index (χ4n) is 8.06. The van der Waals surface area contributed by atoms with Crippen LogP contribution >= 0.6 is 11.3 Å². The Hall–Kier alpha value is -6.36. The molecule has 0 saturated heterocycles. The Balaban J connectivity index is 1.32. The van der Waals surface area contributed by atoms with Gasteiger partial charge in [-0.15, -0.1) is 11.3 Å². The third-order valence-corrected chi connectivity index (χ3v) is 11.4. The van der Waals surface area contributed by atoms with Crippen LogP contribution < -0.4 is 4.90 Å². The number of para-hydroxylation sites is 4. The second-order valence-electron chi connectivity index (χ2n) is 12.9. The van der Waals surface area contributed by atoms with Gasteiger partial charge in [-0.1, -0.05) is 115 Å². The van der Waals surface area contributed by atoms with Crippen LogP contribution in [0.15, 0.2) is 174 Å². The van der Waals surface area contributed by atoms with Crippen molar-refractivity contribution in [1.29, 1.82) is 0 Å². The number of fused-ring (bicyclic) bond motifs is 11. The first-order chi connectivity index (χ1) is 24.8. The van der Waals surface area contributed by atoms with Crippen LogP contribution in [0.3, 0.4) is 0 Å². The van der Waals surface area contributed by atoms with Gasteiger partial charge in [-0.3, -0.25) is 0 Å². The van der Waals surface area contributed by atoms with Crippen LogP contribution in [0.1, 0.15) is 0 Å². The molecule has 3 nitrogen and oxygen atoms in total. The summed E-state index contributed by atoms with van der Waals surface area (Å²) in [6.07, 6.45) is 0. The summed E-state index contributed by atoms with van der Waals surface area (Å²) < 4.78 is 11.8. The Labute approximate surface area is 291 Å². The summed E-state index contributed by atoms with van der Waals surface area (Å²) in [5, 5.41) is 9.65. The molecule has 0 unspecified atom stereocenters. The molecule has 0 fully saturated rings. The Morgan fingerprint density at radius 2 is 1.10 bits per heavy atom. The largest absolute Gasteiger partial charge is 0.454 e. The van der Waals surface area contributed by atoms with Crippen molar-refractivity contribution in [2.24, 2.45) is 0 Å². The highest BCUT2D eigenvalue weighted by atomic mass is 32.1. The lowest BCUT2D eigenvalue weighted by Crippen LogP contribution is -2.11. The molecule has 11 rings (SSSR count). The van der Waals surface area contributed by atoms with Crippen molar-refractivity contribution in [2.45, 2.75) is 0 Å². The molecule has 0 aliphatic heterocycles. The van der Waals surface area contributed by atoms with Gasteiger partial charge in [-0.05, 0) is 60.0 Å². The standard InChI is InChI=1S/C46H28N2OS/c1-2-14-30(15-3-1)47-36-20-7-4-18-35(36)44-38(47)22-12-23-39(44)48(40-24-11-19-33-31-16-5-8-25-41(31)49-45(33)40)37-21-10-13-29-27-28-34-32-17-6-9-26-42(32)50-46(34)43(29)37/h1-28H. The average Bonchev–Trinajstić information content (AvgIpc) is 3.86. The number of hydrogen-bond donors (Lipinski definition) is 0. The molecule has 8 aromatic carbocycles. The SMILES string of the molecule is c1ccc(-n2c3ccccc3c3c(N(c4cccc5c4oc4ccccc45)c4cccc5ccc6c7ccccc7sc6c45)cccc32)cc1. The minimum Gasteiger partial charge on any atom is -0.454 e. The second-order valence-corrected chi connectivity index (χ2v) is 13.9. The predicted octanol–water partition coefficient (Wildman–Crippen LogP) is 13.7. The Bertz CT molecular complexity index is 3110. The molecule has 50 heavy (non-hydrogen) atoms. The van der Waals surface area contributed by atoms with Crippen molar-refractivity contribution in [1.82, 2.24) is 4.57 Å². The van der Waals surface area contributed by atoms with E-state index < -0.39 is 0 Å². The zero-order valence-corrected chi connectivity index (χ0v) is 27.7. The van der Waals surface area contributed by atoms with E-state index in [0.717, 1.165) is 50.2 Å². The molecule has 0 bridgehead atoms. The number of rotatable bonds is 4. The minimum absolute atomic E-state index is 0.873. The molecular formula is C46H28N2OS. The van der Waals surface area contributed by atoms with Gasteiger partial charge in [0.2, 0.25) is 0 Å². The van der Waals surface area contributed by atoms with E-state index in [1.807, 2.05) is 17.4 Å². The molecule has 0 radical (unpaired) electrons. The summed E-state index contributed by atoms with van der Waals surface area (Å²) in [7, 11) is 0. The molecule has 0 atom stereocenters. The zero-order valence-electron chi connectivity index (χ0n) is 26.9. The molecule has 0 aliphatic carbocycles. The molecule has 0 spiro atoms. The molecule has 11 aromatic rings. The lowest BCUT2D eigenvalue weighted by atomic mass is 10.0. The lowest BCUT2D eigenvalue weighted by molar-refractivity contribution is 0.669. The molecule has 0 amide bonds. The molecule has 3 aromatic heterocycles. The van der Waals surface area contributed by atoms with Crippen LogP contribution in [0, 0.1) is 0 Å². The maximum Gasteiger partial charge on any atom is 0.159 e. The summed E-state index contributed by atoms with van der Waals surface area (Å²) in [5.41, 5.74) is 8.46. The van der Waals surface area contributed by atoms with Crippen LogP contribution in [0.25, 0.3) is 80.4 Å². The molecule has 0 saturated carbocycles. The van der Waals surface area contributed by atoms with E-state index in [9.17, 15) is 0 Å². The first-order valence-corrected chi connectivity index (χ1v) is 17.8. The number of aromatic nitrogens is 1. The van der Waals surface area contributed by atoms with Crippen LogP contribution in [0.4, 0.5) is 17.1 Å². The molecule has 0 aliphatic rings. The highest BCUT2D eigenvalue weighted by Crippen LogP contribution is 2.50. The number of benzene rings is 8. The number of thiophene rings is 1. The van der Waals surface area contributed by atoms with Crippen molar-refractivity contribution in [3.8, 4) is 5.69 Å². The minimum atomic E-state index is 0.873. The smallest absolute Gasteiger partial charge is 0.159 e. The number of nitrogens with zero attached hydrogens (tertiary/aromatic N) is 2. The van der Waals surface area contributed by atoms with Crippen LogP contribution in [-0.4, -0.2) is 4.57 Å². The highest BCUT2D eigenvalue weighted by Gasteiger charge is 2.26. The van der Waals surface area contributed by atoms with Crippen molar-refractivity contribution < 1.29 is 4.42 Å². The van der Waals surface area contributed by atoms with E-state index in [1.54, 1.807) is 0 Å². The normalized spacial score (nSPS) is 12.0.